The molecule has 3 heteroatoms. The van der Waals surface area contributed by atoms with Crippen molar-refractivity contribution in [2.24, 2.45) is 0 Å². The van der Waals surface area contributed by atoms with Gasteiger partial charge in [-0.25, -0.2) is 4.98 Å². The van der Waals surface area contributed by atoms with Crippen molar-refractivity contribution in [3.63, 3.8) is 0 Å². The van der Waals surface area contributed by atoms with Crippen LogP contribution in [0.3, 0.4) is 0 Å². The van der Waals surface area contributed by atoms with E-state index in [4.69, 9.17) is 11.6 Å². The maximum atomic E-state index is 6.19. The first-order valence-corrected chi connectivity index (χ1v) is 6.54. The number of hydrogen-bond acceptors (Lipinski definition) is 1. The minimum atomic E-state index is 0.596. The second kappa shape index (κ2) is 4.34. The van der Waals surface area contributed by atoms with Crippen molar-refractivity contribution in [2.75, 3.05) is 0 Å². The lowest BCUT2D eigenvalue weighted by Crippen LogP contribution is -2.13. The van der Waals surface area contributed by atoms with Gasteiger partial charge in [-0.3, -0.25) is 0 Å². The topological polar surface area (TPSA) is 17.3 Å². The van der Waals surface area contributed by atoms with Crippen LogP contribution in [0.1, 0.15) is 44.2 Å². The Labute approximate surface area is 107 Å². The third-order valence-electron chi connectivity index (χ3n) is 3.69. The molecule has 0 spiro atoms. The van der Waals surface area contributed by atoms with Gasteiger partial charge in [0.1, 0.15) is 0 Å². The van der Waals surface area contributed by atoms with Crippen LogP contribution in [0.2, 0.25) is 5.02 Å². The lowest BCUT2D eigenvalue weighted by atomic mass is 9.80. The highest BCUT2D eigenvalue weighted by atomic mass is 35.5. The molecule has 1 atom stereocenters. The zero-order valence-electron chi connectivity index (χ0n) is 9.99. The van der Waals surface area contributed by atoms with E-state index in [1.54, 1.807) is 5.92 Å². The van der Waals surface area contributed by atoms with Gasteiger partial charge in [-0.2, -0.15) is 0 Å². The monoisotopic (exact) mass is 247 g/mol. The number of hydrogen-bond donors (Lipinski definition) is 0. The summed E-state index contributed by atoms with van der Waals surface area (Å²) in [6.45, 7) is 2.27. The predicted molar refractivity (Wildman–Crippen MR) is 70.3 cm³/mol. The zero-order chi connectivity index (χ0) is 11.8. The van der Waals surface area contributed by atoms with Crippen molar-refractivity contribution in [2.45, 2.75) is 38.5 Å². The Morgan fingerprint density at radius 3 is 3.12 bits per heavy atom. The van der Waals surface area contributed by atoms with Crippen LogP contribution in [-0.4, -0.2) is 9.38 Å². The largest absolute Gasteiger partial charge is 0.303 e. The third-order valence-corrected chi connectivity index (χ3v) is 3.90. The fraction of sp³-hybridized carbons (Fsp3) is 0.429. The molecular weight excluding hydrogens is 232 g/mol. The molecular formula is C14H16ClN2. The number of fused-ring (bicyclic) bond motifs is 1. The van der Waals surface area contributed by atoms with E-state index < -0.39 is 0 Å². The second-order valence-electron chi connectivity index (χ2n) is 5.04. The van der Waals surface area contributed by atoms with E-state index in [9.17, 15) is 0 Å². The lowest BCUT2D eigenvalue weighted by molar-refractivity contribution is 0.463. The molecule has 3 rings (SSSR count). The Hall–Kier alpha value is -1.02. The summed E-state index contributed by atoms with van der Waals surface area (Å²) < 4.78 is 2.18. The zero-order valence-corrected chi connectivity index (χ0v) is 10.7. The Morgan fingerprint density at radius 1 is 1.41 bits per heavy atom. The van der Waals surface area contributed by atoms with E-state index in [2.05, 4.69) is 22.4 Å². The van der Waals surface area contributed by atoms with Crippen LogP contribution >= 0.6 is 11.6 Å². The highest BCUT2D eigenvalue weighted by Gasteiger charge is 2.22. The van der Waals surface area contributed by atoms with Crippen LogP contribution in [0.25, 0.3) is 5.52 Å². The van der Waals surface area contributed by atoms with Crippen LogP contribution in [0.15, 0.2) is 24.7 Å². The molecule has 0 aliphatic heterocycles. The van der Waals surface area contributed by atoms with Crippen molar-refractivity contribution in [3.8, 4) is 0 Å². The van der Waals surface area contributed by atoms with Gasteiger partial charge in [0.25, 0.3) is 0 Å². The number of halogens is 1. The number of pyridine rings is 1. The van der Waals surface area contributed by atoms with Crippen molar-refractivity contribution < 1.29 is 0 Å². The van der Waals surface area contributed by atoms with Crippen molar-refractivity contribution in [1.82, 2.24) is 9.38 Å². The Morgan fingerprint density at radius 2 is 2.29 bits per heavy atom. The van der Waals surface area contributed by atoms with E-state index in [-0.39, 0.29) is 0 Å². The minimum Gasteiger partial charge on any atom is -0.303 e. The molecule has 0 saturated heterocycles. The molecule has 1 aliphatic rings. The molecule has 0 bridgehead atoms. The SMILES string of the molecule is C[C]1CCCC(c2cc(Cl)cc3cncn23)C1. The second-order valence-corrected chi connectivity index (χ2v) is 5.47. The van der Waals surface area contributed by atoms with E-state index in [0.29, 0.717) is 5.92 Å². The summed E-state index contributed by atoms with van der Waals surface area (Å²) in [5, 5.41) is 0.816. The number of imidazole rings is 1. The van der Waals surface area contributed by atoms with Crippen LogP contribution < -0.4 is 0 Å². The maximum Gasteiger partial charge on any atom is 0.0994 e. The summed E-state index contributed by atoms with van der Waals surface area (Å²) in [4.78, 5) is 4.21. The van der Waals surface area contributed by atoms with E-state index >= 15 is 0 Å². The highest BCUT2D eigenvalue weighted by molar-refractivity contribution is 6.31. The average Bonchev–Trinajstić information content (AvgIpc) is 2.75. The molecule has 0 amide bonds. The molecule has 1 radical (unpaired) electrons. The highest BCUT2D eigenvalue weighted by Crippen LogP contribution is 2.37. The third kappa shape index (κ3) is 2.06. The Balaban J connectivity index is 2.06. The Bertz CT molecular complexity index is 532. The standard InChI is InChI=1S/C14H16ClN2/c1-10-3-2-4-11(5-10)14-7-12(15)6-13-8-16-9-17(13)14/h6-9,11H,2-5H2,1H3. The molecule has 2 heterocycles. The molecule has 2 aromatic rings. The van der Waals surface area contributed by atoms with Gasteiger partial charge in [0.2, 0.25) is 0 Å². The molecule has 89 valence electrons. The summed E-state index contributed by atoms with van der Waals surface area (Å²) in [6, 6.07) is 4.07. The van der Waals surface area contributed by atoms with Crippen molar-refractivity contribution in [1.29, 1.82) is 0 Å². The molecule has 2 nitrogen and oxygen atoms in total. The number of aromatic nitrogens is 2. The van der Waals surface area contributed by atoms with E-state index in [1.807, 2.05) is 18.6 Å². The van der Waals surface area contributed by atoms with Crippen LogP contribution in [-0.2, 0) is 0 Å². The predicted octanol–water partition coefficient (Wildman–Crippen LogP) is 4.24. The van der Waals surface area contributed by atoms with Crippen LogP contribution in [0.5, 0.6) is 0 Å². The molecule has 17 heavy (non-hydrogen) atoms. The molecule has 1 fully saturated rings. The van der Waals surface area contributed by atoms with Crippen molar-refractivity contribution >= 4 is 17.1 Å². The van der Waals surface area contributed by atoms with Gasteiger partial charge in [0.15, 0.2) is 0 Å². The smallest absolute Gasteiger partial charge is 0.0994 e. The first-order chi connectivity index (χ1) is 8.24. The summed E-state index contributed by atoms with van der Waals surface area (Å²) in [7, 11) is 0. The van der Waals surface area contributed by atoms with Gasteiger partial charge in [0.05, 0.1) is 18.0 Å². The summed E-state index contributed by atoms with van der Waals surface area (Å²) in [5.41, 5.74) is 2.40. The summed E-state index contributed by atoms with van der Waals surface area (Å²) in [5.74, 6) is 2.20. The van der Waals surface area contributed by atoms with Gasteiger partial charge in [-0.15, -0.1) is 0 Å². The fourth-order valence-electron chi connectivity index (χ4n) is 2.86. The first kappa shape index (κ1) is 11.1. The van der Waals surface area contributed by atoms with Crippen LogP contribution in [0.4, 0.5) is 0 Å². The summed E-state index contributed by atoms with van der Waals surface area (Å²) in [6.07, 6.45) is 8.78. The molecule has 1 aliphatic carbocycles. The normalized spacial score (nSPS) is 22.1. The quantitative estimate of drug-likeness (QED) is 0.737. The minimum absolute atomic E-state index is 0.596. The van der Waals surface area contributed by atoms with Gasteiger partial charge in [-0.05, 0) is 37.3 Å². The Kier molecular flexibility index (Phi) is 2.83. The average molecular weight is 248 g/mol. The van der Waals surface area contributed by atoms with Gasteiger partial charge in [-0.1, -0.05) is 24.9 Å². The van der Waals surface area contributed by atoms with Crippen molar-refractivity contribution in [3.05, 3.63) is 41.3 Å². The first-order valence-electron chi connectivity index (χ1n) is 6.17. The van der Waals surface area contributed by atoms with Gasteiger partial charge < -0.3 is 4.40 Å². The summed E-state index contributed by atoms with van der Waals surface area (Å²) >= 11 is 6.19. The number of rotatable bonds is 1. The molecule has 1 saturated carbocycles. The van der Waals surface area contributed by atoms with E-state index in [1.165, 1.54) is 31.4 Å². The molecule has 0 aromatic carbocycles. The van der Waals surface area contributed by atoms with Gasteiger partial charge >= 0.3 is 0 Å². The molecule has 1 unspecified atom stereocenters. The fourth-order valence-corrected chi connectivity index (χ4v) is 3.09. The van der Waals surface area contributed by atoms with Crippen LogP contribution in [0, 0.1) is 5.92 Å². The molecule has 2 aromatic heterocycles. The van der Waals surface area contributed by atoms with E-state index in [0.717, 1.165) is 10.5 Å². The maximum absolute atomic E-state index is 6.19. The number of nitrogens with zero attached hydrogens (tertiary/aromatic N) is 2. The lowest BCUT2D eigenvalue weighted by Gasteiger charge is -2.27. The van der Waals surface area contributed by atoms with Gasteiger partial charge in [0, 0.05) is 16.6 Å². The molecule has 0 N–H and O–H groups in total.